The van der Waals surface area contributed by atoms with E-state index in [4.69, 9.17) is 9.84 Å². The molecule has 22 heavy (non-hydrogen) atoms. The number of ether oxygens (including phenoxy) is 1. The van der Waals surface area contributed by atoms with Crippen LogP contribution in [-0.4, -0.2) is 36.7 Å². The van der Waals surface area contributed by atoms with Crippen LogP contribution in [0, 0.1) is 0 Å². The van der Waals surface area contributed by atoms with Crippen LogP contribution in [-0.2, 0) is 9.59 Å². The fraction of sp³-hybridized carbons (Fsp3) is 0.500. The zero-order valence-corrected chi connectivity index (χ0v) is 13.3. The predicted molar refractivity (Wildman–Crippen MR) is 83.9 cm³/mol. The highest BCUT2D eigenvalue weighted by atomic mass is 16.5. The molecule has 0 aromatic heterocycles. The van der Waals surface area contributed by atoms with Gasteiger partial charge in [0.15, 0.2) is 0 Å². The topological polar surface area (TPSA) is 87.7 Å². The largest absolute Gasteiger partial charge is 0.496 e. The minimum Gasteiger partial charge on any atom is -0.496 e. The van der Waals surface area contributed by atoms with Gasteiger partial charge in [0.25, 0.3) is 0 Å². The van der Waals surface area contributed by atoms with Crippen molar-refractivity contribution in [3.63, 3.8) is 0 Å². The van der Waals surface area contributed by atoms with Crippen LogP contribution in [0.2, 0.25) is 0 Å². The molecule has 0 bridgehead atoms. The number of hydrogen-bond acceptors (Lipinski definition) is 4. The van der Waals surface area contributed by atoms with Gasteiger partial charge < -0.3 is 15.2 Å². The van der Waals surface area contributed by atoms with E-state index in [0.29, 0.717) is 12.2 Å². The zero-order chi connectivity index (χ0) is 16.5. The monoisotopic (exact) mass is 308 g/mol. The number of aliphatic carboxylic acids is 1. The van der Waals surface area contributed by atoms with Crippen molar-refractivity contribution in [2.24, 2.45) is 0 Å². The second kappa shape index (κ2) is 9.04. The molecule has 0 heterocycles. The van der Waals surface area contributed by atoms with Crippen molar-refractivity contribution < 1.29 is 19.4 Å². The van der Waals surface area contributed by atoms with Crippen molar-refractivity contribution in [3.8, 4) is 5.75 Å². The molecular weight excluding hydrogens is 284 g/mol. The van der Waals surface area contributed by atoms with Crippen LogP contribution in [0.3, 0.4) is 0 Å². The number of carboxylic acids is 1. The summed E-state index contributed by atoms with van der Waals surface area (Å²) < 4.78 is 5.27. The van der Waals surface area contributed by atoms with Crippen LogP contribution in [0.4, 0.5) is 0 Å². The van der Waals surface area contributed by atoms with Gasteiger partial charge in [-0.3, -0.25) is 14.9 Å². The summed E-state index contributed by atoms with van der Waals surface area (Å²) in [6, 6.07) is 6.53. The molecule has 0 aliphatic carbocycles. The van der Waals surface area contributed by atoms with Gasteiger partial charge in [-0.2, -0.15) is 0 Å². The smallest absolute Gasteiger partial charge is 0.320 e. The Kier molecular flexibility index (Phi) is 7.39. The summed E-state index contributed by atoms with van der Waals surface area (Å²) in [6.45, 7) is 3.73. The molecule has 0 fully saturated rings. The molecule has 0 radical (unpaired) electrons. The van der Waals surface area contributed by atoms with Gasteiger partial charge in [-0.05, 0) is 19.4 Å². The van der Waals surface area contributed by atoms with Crippen molar-refractivity contribution in [2.45, 2.75) is 38.8 Å². The molecule has 2 unspecified atom stereocenters. The SMILES string of the molecule is CCCC(NCC(=O)NC(C)c1ccccc1OC)C(=O)O. The van der Waals surface area contributed by atoms with E-state index in [1.165, 1.54) is 0 Å². The van der Waals surface area contributed by atoms with Crippen molar-refractivity contribution in [3.05, 3.63) is 29.8 Å². The number of carboxylic acid groups (broad SMARTS) is 1. The van der Waals surface area contributed by atoms with Crippen LogP contribution < -0.4 is 15.4 Å². The molecule has 1 aromatic carbocycles. The second-order valence-corrected chi connectivity index (χ2v) is 5.09. The Morgan fingerprint density at radius 3 is 2.59 bits per heavy atom. The highest BCUT2D eigenvalue weighted by Gasteiger charge is 2.18. The van der Waals surface area contributed by atoms with Gasteiger partial charge in [0, 0.05) is 5.56 Å². The zero-order valence-electron chi connectivity index (χ0n) is 13.3. The van der Waals surface area contributed by atoms with Gasteiger partial charge in [0.2, 0.25) is 5.91 Å². The quantitative estimate of drug-likeness (QED) is 0.646. The Morgan fingerprint density at radius 1 is 1.32 bits per heavy atom. The maximum Gasteiger partial charge on any atom is 0.320 e. The Balaban J connectivity index is 2.55. The van der Waals surface area contributed by atoms with Crippen LogP contribution in [0.15, 0.2) is 24.3 Å². The number of amides is 1. The number of methoxy groups -OCH3 is 1. The van der Waals surface area contributed by atoms with E-state index in [1.54, 1.807) is 7.11 Å². The first kappa shape index (κ1) is 18.0. The molecule has 0 saturated carbocycles. The van der Waals surface area contributed by atoms with Crippen LogP contribution in [0.1, 0.15) is 38.3 Å². The maximum atomic E-state index is 12.0. The van der Waals surface area contributed by atoms with Crippen LogP contribution >= 0.6 is 0 Å². The molecule has 0 spiro atoms. The molecule has 6 heteroatoms. The normalized spacial score (nSPS) is 13.2. The summed E-state index contributed by atoms with van der Waals surface area (Å²) in [5.41, 5.74) is 0.877. The molecule has 122 valence electrons. The van der Waals surface area contributed by atoms with Gasteiger partial charge >= 0.3 is 5.97 Å². The van der Waals surface area contributed by atoms with Crippen molar-refractivity contribution in [1.82, 2.24) is 10.6 Å². The molecule has 0 aliphatic heterocycles. The summed E-state index contributed by atoms with van der Waals surface area (Å²) in [6.07, 6.45) is 1.23. The first-order chi connectivity index (χ1) is 10.5. The summed E-state index contributed by atoms with van der Waals surface area (Å²) in [5, 5.41) is 14.6. The van der Waals surface area contributed by atoms with Gasteiger partial charge in [0.1, 0.15) is 11.8 Å². The summed E-state index contributed by atoms with van der Waals surface area (Å²) >= 11 is 0. The van der Waals surface area contributed by atoms with E-state index in [-0.39, 0.29) is 18.5 Å². The molecule has 0 saturated heterocycles. The third-order valence-electron chi connectivity index (χ3n) is 3.37. The summed E-state index contributed by atoms with van der Waals surface area (Å²) in [5.74, 6) is -0.481. The lowest BCUT2D eigenvalue weighted by atomic mass is 10.1. The highest BCUT2D eigenvalue weighted by Crippen LogP contribution is 2.24. The first-order valence-corrected chi connectivity index (χ1v) is 7.38. The number of para-hydroxylation sites is 1. The van der Waals surface area contributed by atoms with Gasteiger partial charge in [-0.1, -0.05) is 31.5 Å². The highest BCUT2D eigenvalue weighted by molar-refractivity contribution is 5.80. The van der Waals surface area contributed by atoms with Gasteiger partial charge in [-0.15, -0.1) is 0 Å². The van der Waals surface area contributed by atoms with E-state index in [0.717, 1.165) is 12.0 Å². The Hall–Kier alpha value is -2.08. The standard InChI is InChI=1S/C16H24N2O4/c1-4-7-13(16(20)21)17-10-15(19)18-11(2)12-8-5-6-9-14(12)22-3/h5-6,8-9,11,13,17H,4,7,10H2,1-3H3,(H,18,19)(H,20,21). The lowest BCUT2D eigenvalue weighted by molar-refractivity contribution is -0.139. The Labute approximate surface area is 130 Å². The lowest BCUT2D eigenvalue weighted by Gasteiger charge is -2.18. The van der Waals surface area contributed by atoms with Crippen molar-refractivity contribution >= 4 is 11.9 Å². The fourth-order valence-corrected chi connectivity index (χ4v) is 2.21. The number of rotatable bonds is 9. The lowest BCUT2D eigenvalue weighted by Crippen LogP contribution is -2.43. The molecule has 3 N–H and O–H groups in total. The number of carbonyl (C=O) groups excluding carboxylic acids is 1. The predicted octanol–water partition coefficient (Wildman–Crippen LogP) is 1.72. The van der Waals surface area contributed by atoms with Crippen molar-refractivity contribution in [1.29, 1.82) is 0 Å². The van der Waals surface area contributed by atoms with Crippen LogP contribution in [0.5, 0.6) is 5.75 Å². The third-order valence-corrected chi connectivity index (χ3v) is 3.37. The molecule has 1 rings (SSSR count). The van der Waals surface area contributed by atoms with E-state index >= 15 is 0 Å². The number of benzene rings is 1. The fourth-order valence-electron chi connectivity index (χ4n) is 2.21. The van der Waals surface area contributed by atoms with E-state index < -0.39 is 12.0 Å². The number of hydrogen-bond donors (Lipinski definition) is 3. The van der Waals surface area contributed by atoms with Crippen molar-refractivity contribution in [2.75, 3.05) is 13.7 Å². The summed E-state index contributed by atoms with van der Waals surface area (Å²) in [4.78, 5) is 23.0. The number of carbonyl (C=O) groups is 2. The Morgan fingerprint density at radius 2 is 2.00 bits per heavy atom. The third kappa shape index (κ3) is 5.37. The second-order valence-electron chi connectivity index (χ2n) is 5.09. The molecular formula is C16H24N2O4. The van der Waals surface area contributed by atoms with E-state index in [9.17, 15) is 9.59 Å². The van der Waals surface area contributed by atoms with E-state index in [1.807, 2.05) is 38.1 Å². The van der Waals surface area contributed by atoms with E-state index in [2.05, 4.69) is 10.6 Å². The summed E-state index contributed by atoms with van der Waals surface area (Å²) in [7, 11) is 1.58. The minimum atomic E-state index is -0.938. The molecule has 2 atom stereocenters. The molecule has 0 aliphatic rings. The Bertz CT molecular complexity index is 505. The molecule has 6 nitrogen and oxygen atoms in total. The minimum absolute atomic E-state index is 0.0313. The average molecular weight is 308 g/mol. The maximum absolute atomic E-state index is 12.0. The number of nitrogens with one attached hydrogen (secondary N) is 2. The molecule has 1 aromatic rings. The van der Waals surface area contributed by atoms with Gasteiger partial charge in [-0.25, -0.2) is 0 Å². The first-order valence-electron chi connectivity index (χ1n) is 7.38. The molecule has 1 amide bonds. The average Bonchev–Trinajstić information content (AvgIpc) is 2.50. The van der Waals surface area contributed by atoms with Crippen LogP contribution in [0.25, 0.3) is 0 Å². The van der Waals surface area contributed by atoms with Gasteiger partial charge in [0.05, 0.1) is 19.7 Å².